The Morgan fingerprint density at radius 3 is 2.24 bits per heavy atom. The van der Waals surface area contributed by atoms with Crippen molar-refractivity contribution in [3.05, 3.63) is 75.8 Å². The topological polar surface area (TPSA) is 66.5 Å². The molecule has 0 unspecified atom stereocenters. The molecule has 2 bridgehead atoms. The standard InChI is InChI=1S/C28H27BrN2O3/c1-14-11-22(15(2)10-21(14)29)30-26(32)23(12-16-6-4-3-5-7-16)31-27(33)24-17-8-9-18(20-13-19(17)20)25(24)28(31)34/h3-11,17-20,23-25H,12-13H2,1-2H3,(H,30,32)/t17-,18-,19-,20+,23-,24-,25+/m0/s1. The molecule has 7 rings (SSSR count). The Morgan fingerprint density at radius 2 is 1.62 bits per heavy atom. The second-order valence-corrected chi connectivity index (χ2v) is 11.2. The van der Waals surface area contributed by atoms with Crippen LogP contribution in [-0.4, -0.2) is 28.7 Å². The van der Waals surface area contributed by atoms with Crippen LogP contribution in [0.25, 0.3) is 0 Å². The summed E-state index contributed by atoms with van der Waals surface area (Å²) in [6.07, 6.45) is 5.74. The van der Waals surface area contributed by atoms with Crippen LogP contribution in [0.1, 0.15) is 23.1 Å². The van der Waals surface area contributed by atoms with E-state index in [1.807, 2.05) is 56.3 Å². The highest BCUT2D eigenvalue weighted by atomic mass is 79.9. The summed E-state index contributed by atoms with van der Waals surface area (Å²) in [6.45, 7) is 3.90. The molecule has 34 heavy (non-hydrogen) atoms. The fourth-order valence-electron chi connectivity index (χ4n) is 6.56. The van der Waals surface area contributed by atoms with Gasteiger partial charge in [-0.25, -0.2) is 0 Å². The van der Waals surface area contributed by atoms with E-state index in [1.54, 1.807) is 0 Å². The molecule has 1 N–H and O–H groups in total. The summed E-state index contributed by atoms with van der Waals surface area (Å²) in [6, 6.07) is 12.6. The molecule has 2 saturated carbocycles. The zero-order valence-electron chi connectivity index (χ0n) is 19.2. The SMILES string of the molecule is Cc1cc(NC(=O)[C@H](Cc2ccccc2)N2C(=O)[C@@H]3[C@H]4C=C[C@@H]([C@@H]5C[C@H]45)[C@@H]3C2=O)c(C)cc1Br. The first kappa shape index (κ1) is 21.8. The number of nitrogens with one attached hydrogen (secondary N) is 1. The maximum absolute atomic E-state index is 13.7. The molecule has 2 aromatic carbocycles. The number of allylic oxidation sites excluding steroid dienone is 2. The van der Waals surface area contributed by atoms with E-state index in [4.69, 9.17) is 0 Å². The van der Waals surface area contributed by atoms with Crippen LogP contribution in [0.4, 0.5) is 5.69 Å². The molecule has 1 aliphatic heterocycles. The molecule has 0 radical (unpaired) electrons. The van der Waals surface area contributed by atoms with Crippen molar-refractivity contribution in [1.82, 2.24) is 4.90 Å². The van der Waals surface area contributed by atoms with Gasteiger partial charge in [0, 0.05) is 16.6 Å². The minimum Gasteiger partial charge on any atom is -0.324 e. The van der Waals surface area contributed by atoms with Gasteiger partial charge in [0.1, 0.15) is 6.04 Å². The predicted octanol–water partition coefficient (Wildman–Crippen LogP) is 4.67. The number of carbonyl (C=O) groups is 3. The number of rotatable bonds is 5. The number of nitrogens with zero attached hydrogens (tertiary/aromatic N) is 1. The van der Waals surface area contributed by atoms with Gasteiger partial charge in [0.15, 0.2) is 0 Å². The Bertz CT molecular complexity index is 1200. The Balaban J connectivity index is 1.34. The van der Waals surface area contributed by atoms with Crippen LogP contribution in [0.15, 0.2) is 59.1 Å². The third kappa shape index (κ3) is 3.29. The maximum atomic E-state index is 13.7. The molecule has 3 fully saturated rings. The summed E-state index contributed by atoms with van der Waals surface area (Å²) in [7, 11) is 0. The highest BCUT2D eigenvalue weighted by Crippen LogP contribution is 2.65. The summed E-state index contributed by atoms with van der Waals surface area (Å²) in [5, 5.41) is 3.03. The second kappa shape index (κ2) is 7.91. The highest BCUT2D eigenvalue weighted by Gasteiger charge is 2.67. The number of hydrogen-bond acceptors (Lipinski definition) is 3. The molecule has 0 spiro atoms. The van der Waals surface area contributed by atoms with Crippen molar-refractivity contribution in [2.24, 2.45) is 35.5 Å². The van der Waals surface area contributed by atoms with Crippen LogP contribution in [-0.2, 0) is 20.8 Å². The lowest BCUT2D eigenvalue weighted by atomic mass is 9.63. The van der Waals surface area contributed by atoms with Crippen molar-refractivity contribution in [1.29, 1.82) is 0 Å². The number of likely N-dealkylation sites (tertiary alicyclic amines) is 1. The number of benzene rings is 2. The first-order chi connectivity index (χ1) is 16.3. The second-order valence-electron chi connectivity index (χ2n) is 10.3. The van der Waals surface area contributed by atoms with Crippen molar-refractivity contribution in [2.45, 2.75) is 32.7 Å². The van der Waals surface area contributed by atoms with Gasteiger partial charge >= 0.3 is 0 Å². The Labute approximate surface area is 207 Å². The zero-order chi connectivity index (χ0) is 23.7. The van der Waals surface area contributed by atoms with Crippen molar-refractivity contribution in [3.63, 3.8) is 0 Å². The summed E-state index contributed by atoms with van der Waals surface area (Å²) in [5.74, 6) is 0.0587. The third-order valence-corrected chi connectivity index (χ3v) is 9.20. The molecule has 5 aliphatic rings. The van der Waals surface area contributed by atoms with Gasteiger partial charge in [0.2, 0.25) is 17.7 Å². The van der Waals surface area contributed by atoms with Crippen molar-refractivity contribution in [2.75, 3.05) is 5.32 Å². The monoisotopic (exact) mass is 518 g/mol. The van der Waals surface area contributed by atoms with Gasteiger partial charge < -0.3 is 5.32 Å². The summed E-state index contributed by atoms with van der Waals surface area (Å²) in [4.78, 5) is 42.5. The minimum atomic E-state index is -0.882. The van der Waals surface area contributed by atoms with E-state index in [1.165, 1.54) is 4.90 Å². The van der Waals surface area contributed by atoms with Crippen LogP contribution in [0.3, 0.4) is 0 Å². The molecular weight excluding hydrogens is 492 g/mol. The Hall–Kier alpha value is -2.73. The van der Waals surface area contributed by atoms with Gasteiger partial charge in [-0.05, 0) is 72.8 Å². The van der Waals surface area contributed by atoms with E-state index in [-0.39, 0.29) is 41.4 Å². The lowest BCUT2D eigenvalue weighted by molar-refractivity contribution is -0.146. The highest BCUT2D eigenvalue weighted by molar-refractivity contribution is 9.10. The molecule has 1 saturated heterocycles. The molecule has 3 amide bonds. The average molecular weight is 519 g/mol. The lowest BCUT2D eigenvalue weighted by Gasteiger charge is -2.37. The molecule has 7 atom stereocenters. The number of halogens is 1. The van der Waals surface area contributed by atoms with Crippen LogP contribution < -0.4 is 5.32 Å². The predicted molar refractivity (Wildman–Crippen MR) is 133 cm³/mol. The molecule has 4 aliphatic carbocycles. The first-order valence-electron chi connectivity index (χ1n) is 12.0. The fourth-order valence-corrected chi connectivity index (χ4v) is 7.02. The van der Waals surface area contributed by atoms with Gasteiger partial charge in [0.25, 0.3) is 0 Å². The molecule has 1 heterocycles. The minimum absolute atomic E-state index is 0.137. The Morgan fingerprint density at radius 1 is 1.00 bits per heavy atom. The quantitative estimate of drug-likeness (QED) is 0.462. The fraction of sp³-hybridized carbons (Fsp3) is 0.393. The van der Waals surface area contributed by atoms with Crippen molar-refractivity contribution >= 4 is 39.3 Å². The molecule has 5 nitrogen and oxygen atoms in total. The first-order valence-corrected chi connectivity index (χ1v) is 12.8. The number of carbonyl (C=O) groups excluding carboxylic acids is 3. The molecule has 6 heteroatoms. The zero-order valence-corrected chi connectivity index (χ0v) is 20.8. The van der Waals surface area contributed by atoms with E-state index < -0.39 is 6.04 Å². The summed E-state index contributed by atoms with van der Waals surface area (Å²) >= 11 is 3.53. The van der Waals surface area contributed by atoms with Crippen molar-refractivity contribution < 1.29 is 14.4 Å². The van der Waals surface area contributed by atoms with Crippen molar-refractivity contribution in [3.8, 4) is 0 Å². The lowest BCUT2D eigenvalue weighted by Crippen LogP contribution is -2.49. The molecular formula is C28H27BrN2O3. The number of imide groups is 1. The number of hydrogen-bond donors (Lipinski definition) is 1. The largest absolute Gasteiger partial charge is 0.324 e. The van der Waals surface area contributed by atoms with E-state index in [0.717, 1.165) is 27.6 Å². The van der Waals surface area contributed by atoms with E-state index in [0.29, 0.717) is 23.9 Å². The smallest absolute Gasteiger partial charge is 0.248 e. The molecule has 2 aromatic rings. The van der Waals surface area contributed by atoms with E-state index >= 15 is 0 Å². The van der Waals surface area contributed by atoms with Crippen LogP contribution >= 0.6 is 15.9 Å². The summed E-state index contributed by atoms with van der Waals surface area (Å²) < 4.78 is 0.972. The molecule has 174 valence electrons. The van der Waals surface area contributed by atoms with Gasteiger partial charge in [-0.3, -0.25) is 19.3 Å². The number of aryl methyl sites for hydroxylation is 2. The Kier molecular flexibility index (Phi) is 5.07. The molecule has 0 aromatic heterocycles. The van der Waals surface area contributed by atoms with Gasteiger partial charge in [0.05, 0.1) is 11.8 Å². The van der Waals surface area contributed by atoms with Gasteiger partial charge in [-0.2, -0.15) is 0 Å². The van der Waals surface area contributed by atoms with E-state index in [2.05, 4.69) is 33.4 Å². The third-order valence-electron chi connectivity index (χ3n) is 8.35. The van der Waals surface area contributed by atoms with Gasteiger partial charge in [-0.1, -0.05) is 58.4 Å². The summed E-state index contributed by atoms with van der Waals surface area (Å²) in [5.41, 5.74) is 3.54. The maximum Gasteiger partial charge on any atom is 0.248 e. The van der Waals surface area contributed by atoms with E-state index in [9.17, 15) is 14.4 Å². The number of amides is 3. The number of anilines is 1. The van der Waals surface area contributed by atoms with Gasteiger partial charge in [-0.15, -0.1) is 0 Å². The van der Waals surface area contributed by atoms with Crippen LogP contribution in [0.5, 0.6) is 0 Å². The average Bonchev–Trinajstić information content (AvgIpc) is 3.60. The van der Waals surface area contributed by atoms with Crippen LogP contribution in [0.2, 0.25) is 0 Å². The van der Waals surface area contributed by atoms with Crippen LogP contribution in [0, 0.1) is 49.4 Å². The normalized spacial score (nSPS) is 31.3.